The molecule has 6 rings (SSSR count). The number of pyridine rings is 1. The number of primary amides is 1. The zero-order valence-corrected chi connectivity index (χ0v) is 30.8. The van der Waals surface area contributed by atoms with E-state index in [0.29, 0.717) is 22.6 Å². The minimum absolute atomic E-state index is 0.117. The molecule has 3 aliphatic rings. The average Bonchev–Trinajstić information content (AvgIpc) is 3.11. The molecule has 14 heteroatoms. The van der Waals surface area contributed by atoms with E-state index < -0.39 is 34.7 Å². The summed E-state index contributed by atoms with van der Waals surface area (Å²) in [6.07, 6.45) is 5.93. The van der Waals surface area contributed by atoms with Gasteiger partial charge >= 0.3 is 0 Å². The highest BCUT2D eigenvalue weighted by Gasteiger charge is 2.68. The van der Waals surface area contributed by atoms with Crippen molar-refractivity contribution in [1.29, 1.82) is 5.26 Å². The minimum atomic E-state index is -0.892. The van der Waals surface area contributed by atoms with Crippen molar-refractivity contribution in [2.75, 3.05) is 37.6 Å². The summed E-state index contributed by atoms with van der Waals surface area (Å²) in [6.45, 7) is 12.0. The predicted molar refractivity (Wildman–Crippen MR) is 195 cm³/mol. The third-order valence-electron chi connectivity index (χ3n) is 10.9. The van der Waals surface area contributed by atoms with Crippen LogP contribution in [-0.2, 0) is 16.0 Å². The first-order valence-corrected chi connectivity index (χ1v) is 18.1. The van der Waals surface area contributed by atoms with Crippen LogP contribution in [0.3, 0.4) is 0 Å². The Morgan fingerprint density at radius 2 is 1.75 bits per heavy atom. The van der Waals surface area contributed by atoms with Gasteiger partial charge in [-0.2, -0.15) is 10.4 Å². The summed E-state index contributed by atoms with van der Waals surface area (Å²) in [7, 11) is 0. The second kappa shape index (κ2) is 14.7. The van der Waals surface area contributed by atoms with Gasteiger partial charge in [-0.1, -0.05) is 39.3 Å². The molecule has 2 aliphatic heterocycles. The van der Waals surface area contributed by atoms with Crippen LogP contribution in [0.25, 0.3) is 0 Å². The second-order valence-corrected chi connectivity index (χ2v) is 15.5. The van der Waals surface area contributed by atoms with Crippen molar-refractivity contribution < 1.29 is 19.1 Å². The van der Waals surface area contributed by atoms with E-state index >= 15 is 0 Å². The van der Waals surface area contributed by atoms with Crippen LogP contribution in [0, 0.1) is 22.2 Å². The van der Waals surface area contributed by atoms with Crippen LogP contribution in [0.5, 0.6) is 5.75 Å². The van der Waals surface area contributed by atoms with Gasteiger partial charge in [0, 0.05) is 67.5 Å². The van der Waals surface area contributed by atoms with E-state index in [1.807, 2.05) is 39.8 Å². The zero-order chi connectivity index (χ0) is 37.4. The SMILES string of the molecule is CC1(C)C(Oc2ccc(C#N)c(Cl)c2)C(C)(C)C1N1C(=O)CCC(n2ncc(N3CCN(CCCCc4ccc(C(N)=O)cn4)CC3)cc2=O)C1=O. The number of hydrogen-bond donors (Lipinski definition) is 1. The summed E-state index contributed by atoms with van der Waals surface area (Å²) >= 11 is 6.25. The summed E-state index contributed by atoms with van der Waals surface area (Å²) in [6, 6.07) is 10.7. The van der Waals surface area contributed by atoms with Gasteiger partial charge in [-0.3, -0.25) is 34.0 Å². The number of anilines is 1. The Morgan fingerprint density at radius 3 is 2.37 bits per heavy atom. The molecule has 3 aromatic rings. The number of carbonyl (C=O) groups is 3. The number of halogens is 1. The summed E-state index contributed by atoms with van der Waals surface area (Å²) in [5.74, 6) is -0.686. The second-order valence-electron chi connectivity index (χ2n) is 15.1. The maximum atomic E-state index is 14.1. The number of likely N-dealkylation sites (tertiary alicyclic amines) is 1. The maximum absolute atomic E-state index is 14.1. The number of nitriles is 1. The molecule has 1 saturated carbocycles. The smallest absolute Gasteiger partial charge is 0.269 e. The van der Waals surface area contributed by atoms with Gasteiger partial charge in [-0.25, -0.2) is 4.68 Å². The van der Waals surface area contributed by atoms with Crippen LogP contribution in [-0.4, -0.2) is 87.2 Å². The Hall–Kier alpha value is -4.80. The highest BCUT2D eigenvalue weighted by atomic mass is 35.5. The van der Waals surface area contributed by atoms with Gasteiger partial charge in [0.25, 0.3) is 11.5 Å². The first kappa shape index (κ1) is 37.0. The fourth-order valence-corrected chi connectivity index (χ4v) is 8.78. The normalized spacial score (nSPS) is 22.8. The maximum Gasteiger partial charge on any atom is 0.269 e. The topological polar surface area (TPSA) is 168 Å². The first-order chi connectivity index (χ1) is 24.7. The molecule has 1 aromatic carbocycles. The number of aryl methyl sites for hydroxylation is 1. The van der Waals surface area contributed by atoms with Crippen LogP contribution < -0.4 is 20.9 Å². The summed E-state index contributed by atoms with van der Waals surface area (Å²) in [5.41, 5.74) is 6.06. The van der Waals surface area contributed by atoms with E-state index in [0.717, 1.165) is 57.7 Å². The number of amides is 3. The van der Waals surface area contributed by atoms with E-state index in [-0.39, 0.29) is 35.4 Å². The lowest BCUT2D eigenvalue weighted by atomic mass is 9.48. The van der Waals surface area contributed by atoms with Gasteiger partial charge < -0.3 is 15.4 Å². The number of nitrogens with zero attached hydrogens (tertiary/aromatic N) is 7. The molecule has 13 nitrogen and oxygen atoms in total. The van der Waals surface area contributed by atoms with Crippen LogP contribution in [0.1, 0.15) is 81.0 Å². The van der Waals surface area contributed by atoms with E-state index in [4.69, 9.17) is 22.1 Å². The number of carbonyl (C=O) groups excluding carboxylic acids is 3. The van der Waals surface area contributed by atoms with E-state index in [1.54, 1.807) is 30.5 Å². The number of unbranched alkanes of at least 4 members (excludes halogenated alkanes) is 1. The number of benzene rings is 1. The van der Waals surface area contributed by atoms with Crippen LogP contribution in [0.15, 0.2) is 53.6 Å². The van der Waals surface area contributed by atoms with Gasteiger partial charge in [-0.05, 0) is 56.5 Å². The quantitative estimate of drug-likeness (QED) is 0.225. The Kier molecular flexibility index (Phi) is 10.4. The van der Waals surface area contributed by atoms with Crippen molar-refractivity contribution in [3.05, 3.63) is 81.0 Å². The average molecular weight is 729 g/mol. The molecule has 4 heterocycles. The van der Waals surface area contributed by atoms with Gasteiger partial charge in [-0.15, -0.1) is 0 Å². The summed E-state index contributed by atoms with van der Waals surface area (Å²) in [4.78, 5) is 62.5. The number of hydrogen-bond acceptors (Lipinski definition) is 10. The molecule has 1 unspecified atom stereocenters. The molecule has 3 amide bonds. The monoisotopic (exact) mass is 728 g/mol. The Balaban J connectivity index is 1.05. The Bertz CT molecular complexity index is 1930. The minimum Gasteiger partial charge on any atom is -0.489 e. The Labute approximate surface area is 308 Å². The molecule has 1 aliphatic carbocycles. The lowest BCUT2D eigenvalue weighted by molar-refractivity contribution is -0.216. The van der Waals surface area contributed by atoms with Crippen molar-refractivity contribution in [3.8, 4) is 11.8 Å². The number of piperazine rings is 1. The highest BCUT2D eigenvalue weighted by Crippen LogP contribution is 2.58. The number of ether oxygens (including phenoxy) is 1. The first-order valence-electron chi connectivity index (χ1n) is 17.8. The van der Waals surface area contributed by atoms with Gasteiger partial charge in [0.05, 0.1) is 34.1 Å². The fraction of sp³-hybridized carbons (Fsp3) is 0.500. The number of nitrogens with two attached hydrogens (primary N) is 1. The van der Waals surface area contributed by atoms with Gasteiger partial charge in [0.1, 0.15) is 24.0 Å². The van der Waals surface area contributed by atoms with E-state index in [1.165, 1.54) is 21.8 Å². The molecule has 2 aromatic heterocycles. The molecule has 2 N–H and O–H groups in total. The number of rotatable bonds is 11. The van der Waals surface area contributed by atoms with E-state index in [9.17, 15) is 24.4 Å². The molecule has 0 radical (unpaired) electrons. The summed E-state index contributed by atoms with van der Waals surface area (Å²) in [5, 5.41) is 14.0. The largest absolute Gasteiger partial charge is 0.489 e. The van der Waals surface area contributed by atoms with Crippen molar-refractivity contribution in [2.24, 2.45) is 16.6 Å². The number of piperidine rings is 1. The van der Waals surface area contributed by atoms with Crippen molar-refractivity contribution in [1.82, 2.24) is 24.6 Å². The Morgan fingerprint density at radius 1 is 1.02 bits per heavy atom. The molecule has 274 valence electrons. The molecular formula is C38H45ClN8O5. The number of imide groups is 1. The zero-order valence-electron chi connectivity index (χ0n) is 30.0. The molecular weight excluding hydrogens is 684 g/mol. The molecule has 2 saturated heterocycles. The highest BCUT2D eigenvalue weighted by molar-refractivity contribution is 6.31. The molecule has 3 fully saturated rings. The van der Waals surface area contributed by atoms with Crippen LogP contribution >= 0.6 is 11.6 Å². The molecule has 0 spiro atoms. The van der Waals surface area contributed by atoms with Crippen molar-refractivity contribution in [2.45, 2.75) is 78.0 Å². The van der Waals surface area contributed by atoms with Gasteiger partial charge in [0.2, 0.25) is 11.8 Å². The third kappa shape index (κ3) is 7.14. The van der Waals surface area contributed by atoms with Crippen molar-refractivity contribution in [3.63, 3.8) is 0 Å². The lowest BCUT2D eigenvalue weighted by Gasteiger charge is -2.65. The molecule has 52 heavy (non-hydrogen) atoms. The molecule has 1 atom stereocenters. The number of aromatic nitrogens is 3. The van der Waals surface area contributed by atoms with Crippen LogP contribution in [0.2, 0.25) is 5.02 Å². The van der Waals surface area contributed by atoms with Crippen LogP contribution in [0.4, 0.5) is 5.69 Å². The predicted octanol–water partition coefficient (Wildman–Crippen LogP) is 3.98. The standard InChI is InChI=1S/C38H45ClN8O5/c1-37(2)35(38(3,4)36(37)52-28-11-9-24(21-40)29(39)20-28)46-31(48)13-12-30(34(46)51)47-32(49)19-27(23-43-47)45-17-15-44(16-18-45)14-6-5-7-26-10-8-25(22-42-26)33(41)50/h8-11,19-20,22-23,30,35-36H,5-7,12-18H2,1-4H3,(H2,41,50). The fourth-order valence-electron chi connectivity index (χ4n) is 8.56. The molecule has 0 bridgehead atoms. The lowest BCUT2D eigenvalue weighted by Crippen LogP contribution is -2.77. The van der Waals surface area contributed by atoms with Crippen molar-refractivity contribution >= 4 is 35.0 Å². The van der Waals surface area contributed by atoms with E-state index in [2.05, 4.69) is 19.9 Å². The summed E-state index contributed by atoms with van der Waals surface area (Å²) < 4.78 is 7.60. The van der Waals surface area contributed by atoms with Gasteiger partial charge in [0.15, 0.2) is 0 Å². The third-order valence-corrected chi connectivity index (χ3v) is 11.2.